The summed E-state index contributed by atoms with van der Waals surface area (Å²) in [6, 6.07) is 1.81. The van der Waals surface area contributed by atoms with Crippen LogP contribution in [0.2, 0.25) is 0 Å². The lowest BCUT2D eigenvalue weighted by Crippen LogP contribution is -2.06. The van der Waals surface area contributed by atoms with Gasteiger partial charge >= 0.3 is 0 Å². The molecule has 0 fully saturated rings. The zero-order valence-electron chi connectivity index (χ0n) is 13.2. The number of H-pyrrole nitrogens is 1. The standard InChI is InChI=1S/C15H14BrN7O2/c1-24-5-3-23-13(16)11(7-18-23)20-15-12-10(6-17-22-12)19-14(21-15)9-2-4-25-8-9/h2,4,6-8H,3,5H2,1H3,(H,17,22)(H,19,20,21). The Morgan fingerprint density at radius 1 is 1.36 bits per heavy atom. The van der Waals surface area contributed by atoms with Crippen molar-refractivity contribution in [2.45, 2.75) is 6.54 Å². The molecule has 0 saturated heterocycles. The van der Waals surface area contributed by atoms with Gasteiger partial charge in [0.2, 0.25) is 0 Å². The Bertz CT molecular complexity index is 993. The zero-order valence-corrected chi connectivity index (χ0v) is 14.8. The molecule has 0 spiro atoms. The average Bonchev–Trinajstić information content (AvgIpc) is 3.35. The highest BCUT2D eigenvalue weighted by Gasteiger charge is 2.15. The van der Waals surface area contributed by atoms with Crippen molar-refractivity contribution in [1.29, 1.82) is 0 Å². The minimum atomic E-state index is 0.549. The highest BCUT2D eigenvalue weighted by atomic mass is 79.9. The van der Waals surface area contributed by atoms with Gasteiger partial charge in [-0.15, -0.1) is 0 Å². The summed E-state index contributed by atoms with van der Waals surface area (Å²) in [5, 5.41) is 14.6. The van der Waals surface area contributed by atoms with Crippen molar-refractivity contribution in [2.75, 3.05) is 19.0 Å². The van der Waals surface area contributed by atoms with Crippen LogP contribution in [-0.4, -0.2) is 43.7 Å². The molecule has 0 radical (unpaired) electrons. The largest absolute Gasteiger partial charge is 0.472 e. The van der Waals surface area contributed by atoms with Crippen molar-refractivity contribution in [3.05, 3.63) is 35.6 Å². The lowest BCUT2D eigenvalue weighted by atomic mass is 10.3. The fourth-order valence-electron chi connectivity index (χ4n) is 2.37. The first-order valence-electron chi connectivity index (χ1n) is 7.47. The zero-order chi connectivity index (χ0) is 17.2. The second-order valence-corrected chi connectivity index (χ2v) is 5.98. The maximum atomic E-state index is 5.12. The molecule has 0 aliphatic carbocycles. The normalized spacial score (nSPS) is 11.3. The number of aromatic nitrogens is 6. The van der Waals surface area contributed by atoms with E-state index >= 15 is 0 Å². The molecule has 4 aromatic heterocycles. The van der Waals surface area contributed by atoms with Gasteiger partial charge in [-0.3, -0.25) is 9.78 Å². The van der Waals surface area contributed by atoms with Crippen LogP contribution in [0.1, 0.15) is 0 Å². The number of nitrogens with zero attached hydrogens (tertiary/aromatic N) is 5. The van der Waals surface area contributed by atoms with Crippen LogP contribution >= 0.6 is 15.9 Å². The molecule has 0 amide bonds. The fourth-order valence-corrected chi connectivity index (χ4v) is 2.84. The van der Waals surface area contributed by atoms with Crippen molar-refractivity contribution in [2.24, 2.45) is 0 Å². The number of halogens is 1. The Hall–Kier alpha value is -2.72. The van der Waals surface area contributed by atoms with Gasteiger partial charge in [-0.25, -0.2) is 9.97 Å². The van der Waals surface area contributed by atoms with E-state index in [9.17, 15) is 0 Å². The average molecular weight is 404 g/mol. The first-order chi connectivity index (χ1) is 12.3. The third-order valence-corrected chi connectivity index (χ3v) is 4.45. The van der Waals surface area contributed by atoms with E-state index in [1.165, 1.54) is 0 Å². The maximum Gasteiger partial charge on any atom is 0.165 e. The predicted octanol–water partition coefficient (Wildman–Crippen LogP) is 2.96. The molecule has 4 aromatic rings. The summed E-state index contributed by atoms with van der Waals surface area (Å²) in [6.45, 7) is 1.21. The number of aromatic amines is 1. The summed E-state index contributed by atoms with van der Waals surface area (Å²) < 4.78 is 12.8. The van der Waals surface area contributed by atoms with Crippen LogP contribution in [0.5, 0.6) is 0 Å². The number of fused-ring (bicyclic) bond motifs is 1. The number of methoxy groups -OCH3 is 1. The molecule has 128 valence electrons. The Balaban J connectivity index is 1.72. The van der Waals surface area contributed by atoms with E-state index in [0.717, 1.165) is 15.9 Å². The Labute approximate surface area is 150 Å². The highest BCUT2D eigenvalue weighted by molar-refractivity contribution is 9.10. The van der Waals surface area contributed by atoms with E-state index in [2.05, 4.69) is 46.5 Å². The van der Waals surface area contributed by atoms with Crippen LogP contribution in [0, 0.1) is 0 Å². The second-order valence-electron chi connectivity index (χ2n) is 5.23. The first kappa shape index (κ1) is 15.8. The number of hydrogen-bond acceptors (Lipinski definition) is 7. The Kier molecular flexibility index (Phi) is 4.20. The molecule has 0 bridgehead atoms. The van der Waals surface area contributed by atoms with Gasteiger partial charge in [-0.05, 0) is 22.0 Å². The fraction of sp³-hybridized carbons (Fsp3) is 0.200. The molecule has 0 aliphatic heterocycles. The minimum Gasteiger partial charge on any atom is -0.472 e. The maximum absolute atomic E-state index is 5.12. The van der Waals surface area contributed by atoms with Gasteiger partial charge in [0.05, 0.1) is 43.1 Å². The number of rotatable bonds is 6. The summed E-state index contributed by atoms with van der Waals surface area (Å²) in [7, 11) is 1.66. The lowest BCUT2D eigenvalue weighted by molar-refractivity contribution is 0.183. The summed E-state index contributed by atoms with van der Waals surface area (Å²) in [5.74, 6) is 1.15. The van der Waals surface area contributed by atoms with E-state index in [4.69, 9.17) is 9.15 Å². The second kappa shape index (κ2) is 6.65. The monoisotopic (exact) mass is 403 g/mol. The molecule has 0 atom stereocenters. The van der Waals surface area contributed by atoms with Crippen molar-refractivity contribution < 1.29 is 9.15 Å². The Morgan fingerprint density at radius 3 is 3.08 bits per heavy atom. The SMILES string of the molecule is COCCn1ncc(Nc2nc(-c3ccoc3)nc3cn[nH]c23)c1Br. The molecule has 10 heteroatoms. The van der Waals surface area contributed by atoms with E-state index in [0.29, 0.717) is 35.8 Å². The van der Waals surface area contributed by atoms with Gasteiger partial charge in [0, 0.05) is 7.11 Å². The number of ether oxygens (including phenoxy) is 1. The highest BCUT2D eigenvalue weighted by Crippen LogP contribution is 2.29. The summed E-state index contributed by atoms with van der Waals surface area (Å²) in [4.78, 5) is 9.08. The topological polar surface area (TPSA) is 107 Å². The van der Waals surface area contributed by atoms with Gasteiger partial charge in [0.15, 0.2) is 11.6 Å². The molecular formula is C15H14BrN7O2. The van der Waals surface area contributed by atoms with Crippen LogP contribution in [0.3, 0.4) is 0 Å². The molecular weight excluding hydrogens is 390 g/mol. The molecule has 0 unspecified atom stereocenters. The van der Waals surface area contributed by atoms with Crippen LogP contribution in [0.25, 0.3) is 22.4 Å². The molecule has 25 heavy (non-hydrogen) atoms. The van der Waals surface area contributed by atoms with E-state index in [-0.39, 0.29) is 0 Å². The molecule has 9 nitrogen and oxygen atoms in total. The third kappa shape index (κ3) is 3.01. The van der Waals surface area contributed by atoms with Crippen LogP contribution in [0.15, 0.2) is 40.0 Å². The van der Waals surface area contributed by atoms with E-state index in [1.807, 2.05) is 6.07 Å². The number of nitrogens with one attached hydrogen (secondary N) is 2. The molecule has 4 heterocycles. The van der Waals surface area contributed by atoms with Gasteiger partial charge in [-0.1, -0.05) is 0 Å². The predicted molar refractivity (Wildman–Crippen MR) is 94.5 cm³/mol. The summed E-state index contributed by atoms with van der Waals surface area (Å²) in [5.41, 5.74) is 2.99. The summed E-state index contributed by atoms with van der Waals surface area (Å²) in [6.07, 6.45) is 6.57. The van der Waals surface area contributed by atoms with Crippen molar-refractivity contribution >= 4 is 38.5 Å². The first-order valence-corrected chi connectivity index (χ1v) is 8.26. The molecule has 0 aliphatic rings. The summed E-state index contributed by atoms with van der Waals surface area (Å²) >= 11 is 3.55. The van der Waals surface area contributed by atoms with Gasteiger partial charge < -0.3 is 14.5 Å². The molecule has 2 N–H and O–H groups in total. The van der Waals surface area contributed by atoms with E-state index < -0.39 is 0 Å². The van der Waals surface area contributed by atoms with E-state index in [1.54, 1.807) is 36.7 Å². The smallest absolute Gasteiger partial charge is 0.165 e. The Morgan fingerprint density at radius 2 is 2.28 bits per heavy atom. The van der Waals surface area contributed by atoms with Crippen molar-refractivity contribution in [3.63, 3.8) is 0 Å². The van der Waals surface area contributed by atoms with Crippen molar-refractivity contribution in [3.8, 4) is 11.4 Å². The van der Waals surface area contributed by atoms with Crippen LogP contribution < -0.4 is 5.32 Å². The third-order valence-electron chi connectivity index (χ3n) is 3.61. The number of hydrogen-bond donors (Lipinski definition) is 2. The van der Waals surface area contributed by atoms with Crippen molar-refractivity contribution in [1.82, 2.24) is 29.9 Å². The number of furan rings is 1. The number of anilines is 2. The lowest BCUT2D eigenvalue weighted by Gasteiger charge is -2.07. The van der Waals surface area contributed by atoms with Gasteiger partial charge in [0.1, 0.15) is 21.9 Å². The van der Waals surface area contributed by atoms with Crippen LogP contribution in [0.4, 0.5) is 11.5 Å². The minimum absolute atomic E-state index is 0.549. The molecule has 0 aromatic carbocycles. The quantitative estimate of drug-likeness (QED) is 0.509. The van der Waals surface area contributed by atoms with Gasteiger partial charge in [-0.2, -0.15) is 10.2 Å². The van der Waals surface area contributed by atoms with Gasteiger partial charge in [0.25, 0.3) is 0 Å². The molecule has 4 rings (SSSR count). The molecule has 0 saturated carbocycles. The van der Waals surface area contributed by atoms with Crippen LogP contribution in [-0.2, 0) is 11.3 Å².